The first kappa shape index (κ1) is 21.7. The van der Waals surface area contributed by atoms with Crippen LogP contribution >= 0.6 is 0 Å². The fraction of sp³-hybridized carbons (Fsp3) is 0.364. The van der Waals surface area contributed by atoms with Crippen molar-refractivity contribution in [2.24, 2.45) is 0 Å². The van der Waals surface area contributed by atoms with Crippen LogP contribution in [0.15, 0.2) is 48.5 Å². The fourth-order valence-corrected chi connectivity index (χ4v) is 3.43. The van der Waals surface area contributed by atoms with Crippen LogP contribution in [0.3, 0.4) is 0 Å². The molecule has 2 aromatic carbocycles. The zero-order valence-electron chi connectivity index (χ0n) is 17.2. The third kappa shape index (κ3) is 5.77. The normalized spacial score (nSPS) is 16.0. The van der Waals surface area contributed by atoms with Crippen LogP contribution in [0.5, 0.6) is 5.75 Å². The van der Waals surface area contributed by atoms with E-state index in [2.05, 4.69) is 15.5 Å². The molecule has 0 radical (unpaired) electrons. The second kappa shape index (κ2) is 10.2. The number of methoxy groups -OCH3 is 1. The Morgan fingerprint density at radius 3 is 2.50 bits per heavy atom. The maximum atomic E-state index is 13.2. The standard InChI is InChI=1S/C22H27FN4O3/c1-16(22(29)25-19-8-3-4-9-20(19)30-2)27-12-10-26(11-13-27)15-21(28)24-18-7-5-6-17(23)14-18/h3-9,14,16H,10-13,15H2,1-2H3,(H,24,28)(H,25,29)/t16-/m1/s1. The number of nitrogens with one attached hydrogen (secondary N) is 2. The van der Waals surface area contributed by atoms with Gasteiger partial charge in [-0.1, -0.05) is 18.2 Å². The number of halogens is 1. The molecule has 0 aromatic heterocycles. The number of rotatable bonds is 7. The number of piperazine rings is 1. The third-order valence-corrected chi connectivity index (χ3v) is 5.17. The van der Waals surface area contributed by atoms with Gasteiger partial charge in [-0.3, -0.25) is 19.4 Å². The maximum absolute atomic E-state index is 13.2. The van der Waals surface area contributed by atoms with E-state index in [1.54, 1.807) is 31.4 Å². The summed E-state index contributed by atoms with van der Waals surface area (Å²) >= 11 is 0. The Labute approximate surface area is 175 Å². The first-order chi connectivity index (χ1) is 14.5. The highest BCUT2D eigenvalue weighted by Crippen LogP contribution is 2.23. The minimum Gasteiger partial charge on any atom is -0.495 e. The van der Waals surface area contributed by atoms with E-state index in [1.807, 2.05) is 24.0 Å². The van der Waals surface area contributed by atoms with Crippen LogP contribution in [-0.4, -0.2) is 67.5 Å². The quantitative estimate of drug-likeness (QED) is 0.728. The second-order valence-corrected chi connectivity index (χ2v) is 7.24. The van der Waals surface area contributed by atoms with E-state index in [1.165, 1.54) is 12.1 Å². The number of hydrogen-bond donors (Lipinski definition) is 2. The van der Waals surface area contributed by atoms with Crippen molar-refractivity contribution < 1.29 is 18.7 Å². The van der Waals surface area contributed by atoms with E-state index in [0.29, 0.717) is 43.3 Å². The lowest BCUT2D eigenvalue weighted by atomic mass is 10.2. The molecule has 0 unspecified atom stereocenters. The molecule has 0 saturated carbocycles. The Kier molecular flexibility index (Phi) is 7.37. The average Bonchev–Trinajstić information content (AvgIpc) is 2.74. The number of amides is 2. The monoisotopic (exact) mass is 414 g/mol. The number of para-hydroxylation sites is 2. The lowest BCUT2D eigenvalue weighted by Gasteiger charge is -2.37. The predicted octanol–water partition coefficient (Wildman–Crippen LogP) is 2.42. The number of anilines is 2. The molecule has 30 heavy (non-hydrogen) atoms. The molecular formula is C22H27FN4O3. The van der Waals surface area contributed by atoms with E-state index >= 15 is 0 Å². The van der Waals surface area contributed by atoms with Gasteiger partial charge in [0.15, 0.2) is 0 Å². The Morgan fingerprint density at radius 2 is 1.80 bits per heavy atom. The van der Waals surface area contributed by atoms with Gasteiger partial charge in [0.2, 0.25) is 11.8 Å². The fourth-order valence-electron chi connectivity index (χ4n) is 3.43. The molecule has 1 saturated heterocycles. The first-order valence-corrected chi connectivity index (χ1v) is 9.92. The van der Waals surface area contributed by atoms with Crippen molar-refractivity contribution >= 4 is 23.2 Å². The molecule has 1 fully saturated rings. The van der Waals surface area contributed by atoms with E-state index in [4.69, 9.17) is 4.74 Å². The molecule has 2 aromatic rings. The summed E-state index contributed by atoms with van der Waals surface area (Å²) in [6, 6.07) is 12.8. The van der Waals surface area contributed by atoms with Gasteiger partial charge in [-0.15, -0.1) is 0 Å². The van der Waals surface area contributed by atoms with Crippen molar-refractivity contribution in [3.8, 4) is 5.75 Å². The maximum Gasteiger partial charge on any atom is 0.241 e. The Morgan fingerprint density at radius 1 is 1.07 bits per heavy atom. The molecule has 3 rings (SSSR count). The van der Waals surface area contributed by atoms with Crippen LogP contribution in [0, 0.1) is 5.82 Å². The lowest BCUT2D eigenvalue weighted by Crippen LogP contribution is -2.53. The van der Waals surface area contributed by atoms with Gasteiger partial charge in [-0.25, -0.2) is 4.39 Å². The van der Waals surface area contributed by atoms with Crippen molar-refractivity contribution in [2.45, 2.75) is 13.0 Å². The van der Waals surface area contributed by atoms with E-state index in [0.717, 1.165) is 0 Å². The number of carbonyl (C=O) groups excluding carboxylic acids is 2. The van der Waals surface area contributed by atoms with Gasteiger partial charge >= 0.3 is 0 Å². The zero-order valence-corrected chi connectivity index (χ0v) is 17.2. The Bertz CT molecular complexity index is 884. The van der Waals surface area contributed by atoms with Gasteiger partial charge in [0.1, 0.15) is 11.6 Å². The van der Waals surface area contributed by atoms with Gasteiger partial charge in [-0.05, 0) is 37.3 Å². The van der Waals surface area contributed by atoms with Gasteiger partial charge in [0, 0.05) is 31.9 Å². The number of carbonyl (C=O) groups is 2. The molecule has 0 spiro atoms. The smallest absolute Gasteiger partial charge is 0.241 e. The van der Waals surface area contributed by atoms with Crippen molar-refractivity contribution in [3.05, 3.63) is 54.3 Å². The molecule has 160 valence electrons. The highest BCUT2D eigenvalue weighted by Gasteiger charge is 2.26. The van der Waals surface area contributed by atoms with Crippen LogP contribution in [0.1, 0.15) is 6.92 Å². The highest BCUT2D eigenvalue weighted by molar-refractivity contribution is 5.96. The van der Waals surface area contributed by atoms with Crippen molar-refractivity contribution in [2.75, 3.05) is 50.5 Å². The summed E-state index contributed by atoms with van der Waals surface area (Å²) in [5.41, 5.74) is 1.09. The number of nitrogens with zero attached hydrogens (tertiary/aromatic N) is 2. The number of ether oxygens (including phenoxy) is 1. The van der Waals surface area contributed by atoms with Crippen molar-refractivity contribution in [1.82, 2.24) is 9.80 Å². The molecule has 0 bridgehead atoms. The van der Waals surface area contributed by atoms with Crippen molar-refractivity contribution in [3.63, 3.8) is 0 Å². The van der Waals surface area contributed by atoms with E-state index < -0.39 is 0 Å². The van der Waals surface area contributed by atoms with Gasteiger partial charge in [0.25, 0.3) is 0 Å². The van der Waals surface area contributed by atoms with Crippen molar-refractivity contribution in [1.29, 1.82) is 0 Å². The Hall–Kier alpha value is -2.97. The minimum atomic E-state index is -0.387. The summed E-state index contributed by atoms with van der Waals surface area (Å²) in [4.78, 5) is 29.0. The summed E-state index contributed by atoms with van der Waals surface area (Å²) in [7, 11) is 1.57. The molecule has 1 heterocycles. The lowest BCUT2D eigenvalue weighted by molar-refractivity contribution is -0.122. The van der Waals surface area contributed by atoms with Crippen LogP contribution in [0.2, 0.25) is 0 Å². The molecular weight excluding hydrogens is 387 g/mol. The van der Waals surface area contributed by atoms with Gasteiger partial charge in [-0.2, -0.15) is 0 Å². The topological polar surface area (TPSA) is 73.9 Å². The second-order valence-electron chi connectivity index (χ2n) is 7.24. The van der Waals surface area contributed by atoms with E-state index in [-0.39, 0.29) is 30.2 Å². The van der Waals surface area contributed by atoms with Crippen LogP contribution < -0.4 is 15.4 Å². The molecule has 1 atom stereocenters. The molecule has 0 aliphatic carbocycles. The van der Waals surface area contributed by atoms with Crippen LogP contribution in [-0.2, 0) is 9.59 Å². The summed E-state index contributed by atoms with van der Waals surface area (Å²) < 4.78 is 18.5. The van der Waals surface area contributed by atoms with Crippen LogP contribution in [0.25, 0.3) is 0 Å². The summed E-state index contributed by atoms with van der Waals surface area (Å²) in [6.45, 7) is 4.79. The average molecular weight is 414 g/mol. The van der Waals surface area contributed by atoms with Crippen LogP contribution in [0.4, 0.5) is 15.8 Å². The molecule has 8 heteroatoms. The minimum absolute atomic E-state index is 0.100. The number of hydrogen-bond acceptors (Lipinski definition) is 5. The van der Waals surface area contributed by atoms with Gasteiger partial charge < -0.3 is 15.4 Å². The predicted molar refractivity (Wildman–Crippen MR) is 114 cm³/mol. The summed E-state index contributed by atoms with van der Waals surface area (Å²) in [5, 5.41) is 5.63. The summed E-state index contributed by atoms with van der Waals surface area (Å²) in [5.74, 6) is -0.0539. The highest BCUT2D eigenvalue weighted by atomic mass is 19.1. The SMILES string of the molecule is COc1ccccc1NC(=O)[C@@H](C)N1CCN(CC(=O)Nc2cccc(F)c2)CC1. The molecule has 2 amide bonds. The molecule has 1 aliphatic heterocycles. The molecule has 1 aliphatic rings. The van der Waals surface area contributed by atoms with E-state index in [9.17, 15) is 14.0 Å². The Balaban J connectivity index is 1.46. The largest absolute Gasteiger partial charge is 0.495 e. The molecule has 2 N–H and O–H groups in total. The first-order valence-electron chi connectivity index (χ1n) is 9.92. The zero-order chi connectivity index (χ0) is 21.5. The summed E-state index contributed by atoms with van der Waals surface area (Å²) in [6.07, 6.45) is 0. The third-order valence-electron chi connectivity index (χ3n) is 5.17. The van der Waals surface area contributed by atoms with Gasteiger partial charge in [0.05, 0.1) is 25.4 Å². The molecule has 7 nitrogen and oxygen atoms in total. The number of benzene rings is 2.